The highest BCUT2D eigenvalue weighted by atomic mass is 16.5. The monoisotopic (exact) mass is 380 g/mol. The Kier molecular flexibility index (Phi) is 5.59. The van der Waals surface area contributed by atoms with Gasteiger partial charge in [0, 0.05) is 34.9 Å². The third-order valence-corrected chi connectivity index (χ3v) is 4.63. The van der Waals surface area contributed by atoms with Crippen LogP contribution in [0.2, 0.25) is 0 Å². The molecule has 0 saturated heterocycles. The van der Waals surface area contributed by atoms with Crippen molar-refractivity contribution in [2.24, 2.45) is 0 Å². The van der Waals surface area contributed by atoms with E-state index in [1.807, 2.05) is 48.7 Å². The third-order valence-electron chi connectivity index (χ3n) is 4.63. The van der Waals surface area contributed by atoms with E-state index in [0.29, 0.717) is 22.7 Å². The van der Waals surface area contributed by atoms with Crippen molar-refractivity contribution in [1.29, 1.82) is 0 Å². The van der Waals surface area contributed by atoms with Crippen LogP contribution in [-0.2, 0) is 0 Å². The molecule has 146 valence electrons. The molecular weight excluding hydrogens is 356 g/mol. The van der Waals surface area contributed by atoms with Crippen molar-refractivity contribution >= 4 is 11.6 Å². The van der Waals surface area contributed by atoms with E-state index in [9.17, 15) is 4.79 Å². The number of methoxy groups -OCH3 is 3. The number of nitrogens with one attached hydrogen (secondary N) is 1. The summed E-state index contributed by atoms with van der Waals surface area (Å²) in [5, 5.41) is 2.93. The van der Waals surface area contributed by atoms with Crippen LogP contribution in [0.1, 0.15) is 21.7 Å². The van der Waals surface area contributed by atoms with Gasteiger partial charge in [-0.2, -0.15) is 0 Å². The summed E-state index contributed by atoms with van der Waals surface area (Å²) >= 11 is 0. The van der Waals surface area contributed by atoms with Crippen LogP contribution >= 0.6 is 0 Å². The number of amides is 1. The number of aromatic nitrogens is 1. The summed E-state index contributed by atoms with van der Waals surface area (Å²) in [6.07, 6.45) is 0. The van der Waals surface area contributed by atoms with Crippen LogP contribution in [0.25, 0.3) is 5.69 Å². The number of anilines is 1. The number of rotatable bonds is 6. The molecule has 6 heteroatoms. The van der Waals surface area contributed by atoms with Crippen molar-refractivity contribution in [3.63, 3.8) is 0 Å². The summed E-state index contributed by atoms with van der Waals surface area (Å²) in [5.41, 5.74) is 4.00. The van der Waals surface area contributed by atoms with E-state index < -0.39 is 0 Å². The Morgan fingerprint density at radius 1 is 0.893 bits per heavy atom. The molecule has 0 aliphatic rings. The van der Waals surface area contributed by atoms with Crippen LogP contribution < -0.4 is 19.5 Å². The van der Waals surface area contributed by atoms with Crippen LogP contribution in [-0.4, -0.2) is 31.8 Å². The lowest BCUT2D eigenvalue weighted by Gasteiger charge is -2.12. The molecule has 0 atom stereocenters. The molecule has 0 spiro atoms. The molecule has 6 nitrogen and oxygen atoms in total. The standard InChI is InChI=1S/C22H24N2O4/c1-14-11-19(15(2)24(14)17-7-6-8-18(13-17)26-3)22(25)23-16-9-10-20(27-4)21(12-16)28-5/h6-13H,1-5H3,(H,23,25). The number of ether oxygens (including phenoxy) is 3. The number of hydrogen-bond acceptors (Lipinski definition) is 4. The smallest absolute Gasteiger partial charge is 0.257 e. The van der Waals surface area contributed by atoms with Crippen LogP contribution in [0, 0.1) is 13.8 Å². The maximum Gasteiger partial charge on any atom is 0.257 e. The number of aryl methyl sites for hydroxylation is 1. The average Bonchev–Trinajstić information content (AvgIpc) is 3.02. The van der Waals surface area contributed by atoms with Gasteiger partial charge in [-0.25, -0.2) is 0 Å². The molecule has 0 fully saturated rings. The van der Waals surface area contributed by atoms with Gasteiger partial charge >= 0.3 is 0 Å². The summed E-state index contributed by atoms with van der Waals surface area (Å²) in [6, 6.07) is 14.9. The molecule has 2 aromatic carbocycles. The van der Waals surface area contributed by atoms with Crippen LogP contribution in [0.3, 0.4) is 0 Å². The van der Waals surface area contributed by atoms with Gasteiger partial charge in [0.1, 0.15) is 5.75 Å². The van der Waals surface area contributed by atoms with E-state index in [1.54, 1.807) is 39.5 Å². The molecule has 1 N–H and O–H groups in total. The van der Waals surface area contributed by atoms with Crippen molar-refractivity contribution in [2.75, 3.05) is 26.6 Å². The summed E-state index contributed by atoms with van der Waals surface area (Å²) in [4.78, 5) is 12.9. The first-order valence-electron chi connectivity index (χ1n) is 8.85. The van der Waals surface area contributed by atoms with E-state index in [-0.39, 0.29) is 5.91 Å². The zero-order valence-electron chi connectivity index (χ0n) is 16.7. The maximum atomic E-state index is 12.9. The van der Waals surface area contributed by atoms with Crippen LogP contribution in [0.4, 0.5) is 5.69 Å². The molecule has 1 amide bonds. The highest BCUT2D eigenvalue weighted by Gasteiger charge is 2.18. The van der Waals surface area contributed by atoms with Crippen molar-refractivity contribution in [1.82, 2.24) is 4.57 Å². The number of benzene rings is 2. The quantitative estimate of drug-likeness (QED) is 0.690. The number of nitrogens with zero attached hydrogens (tertiary/aromatic N) is 1. The molecule has 3 rings (SSSR count). The normalized spacial score (nSPS) is 10.5. The number of carbonyl (C=O) groups excluding carboxylic acids is 1. The molecule has 1 aromatic heterocycles. The van der Waals surface area contributed by atoms with Crippen LogP contribution in [0.5, 0.6) is 17.2 Å². The third kappa shape index (κ3) is 3.67. The molecule has 0 unspecified atom stereocenters. The Labute approximate surface area is 164 Å². The Morgan fingerprint density at radius 2 is 1.64 bits per heavy atom. The minimum atomic E-state index is -0.186. The predicted octanol–water partition coefficient (Wildman–Crippen LogP) is 4.37. The lowest BCUT2D eigenvalue weighted by atomic mass is 10.2. The van der Waals surface area contributed by atoms with Gasteiger partial charge in [-0.15, -0.1) is 0 Å². The average molecular weight is 380 g/mol. The van der Waals surface area contributed by atoms with Crippen molar-refractivity contribution in [2.45, 2.75) is 13.8 Å². The van der Waals surface area contributed by atoms with Gasteiger partial charge < -0.3 is 24.1 Å². The van der Waals surface area contributed by atoms with Crippen molar-refractivity contribution in [3.05, 3.63) is 65.5 Å². The molecule has 1 heterocycles. The zero-order valence-corrected chi connectivity index (χ0v) is 16.7. The minimum Gasteiger partial charge on any atom is -0.497 e. The fourth-order valence-corrected chi connectivity index (χ4v) is 3.25. The molecule has 0 radical (unpaired) electrons. The second kappa shape index (κ2) is 8.08. The molecule has 3 aromatic rings. The van der Waals surface area contributed by atoms with Gasteiger partial charge in [0.05, 0.1) is 26.9 Å². The topological polar surface area (TPSA) is 61.7 Å². The molecule has 28 heavy (non-hydrogen) atoms. The highest BCUT2D eigenvalue weighted by molar-refractivity contribution is 6.05. The van der Waals surface area contributed by atoms with E-state index in [4.69, 9.17) is 14.2 Å². The first kappa shape index (κ1) is 19.4. The predicted molar refractivity (Wildman–Crippen MR) is 109 cm³/mol. The van der Waals surface area contributed by atoms with Gasteiger partial charge in [-0.1, -0.05) is 6.07 Å². The van der Waals surface area contributed by atoms with Gasteiger partial charge in [0.2, 0.25) is 0 Å². The zero-order chi connectivity index (χ0) is 20.3. The SMILES string of the molecule is COc1cccc(-n2c(C)cc(C(=O)Nc3ccc(OC)c(OC)c3)c2C)c1. The Hall–Kier alpha value is -3.41. The molecule has 0 aliphatic heterocycles. The second-order valence-corrected chi connectivity index (χ2v) is 6.35. The molecule has 0 saturated carbocycles. The highest BCUT2D eigenvalue weighted by Crippen LogP contribution is 2.30. The Morgan fingerprint density at radius 3 is 2.32 bits per heavy atom. The summed E-state index contributed by atoms with van der Waals surface area (Å²) in [5.74, 6) is 1.75. The second-order valence-electron chi connectivity index (χ2n) is 6.35. The van der Waals surface area contributed by atoms with Gasteiger partial charge in [-0.3, -0.25) is 4.79 Å². The van der Waals surface area contributed by atoms with E-state index in [1.165, 1.54) is 0 Å². The Balaban J connectivity index is 1.91. The lowest BCUT2D eigenvalue weighted by molar-refractivity contribution is 0.102. The minimum absolute atomic E-state index is 0.186. The van der Waals surface area contributed by atoms with Crippen LogP contribution in [0.15, 0.2) is 48.5 Å². The van der Waals surface area contributed by atoms with E-state index >= 15 is 0 Å². The summed E-state index contributed by atoms with van der Waals surface area (Å²) < 4.78 is 17.9. The van der Waals surface area contributed by atoms with Crippen molar-refractivity contribution in [3.8, 4) is 22.9 Å². The fraction of sp³-hybridized carbons (Fsp3) is 0.227. The first-order chi connectivity index (χ1) is 13.5. The van der Waals surface area contributed by atoms with Gasteiger partial charge in [0.15, 0.2) is 11.5 Å². The lowest BCUT2D eigenvalue weighted by Crippen LogP contribution is -2.13. The fourth-order valence-electron chi connectivity index (χ4n) is 3.25. The number of carbonyl (C=O) groups is 1. The summed E-state index contributed by atoms with van der Waals surface area (Å²) in [7, 11) is 4.77. The van der Waals surface area contributed by atoms with Gasteiger partial charge in [-0.05, 0) is 44.2 Å². The van der Waals surface area contributed by atoms with E-state index in [0.717, 1.165) is 22.8 Å². The molecule has 0 aliphatic carbocycles. The summed E-state index contributed by atoms with van der Waals surface area (Å²) in [6.45, 7) is 3.90. The molecule has 0 bridgehead atoms. The largest absolute Gasteiger partial charge is 0.497 e. The maximum absolute atomic E-state index is 12.9. The Bertz CT molecular complexity index is 1010. The first-order valence-corrected chi connectivity index (χ1v) is 8.85. The van der Waals surface area contributed by atoms with E-state index in [2.05, 4.69) is 5.32 Å². The number of hydrogen-bond donors (Lipinski definition) is 1. The molecular formula is C22H24N2O4. The van der Waals surface area contributed by atoms with Gasteiger partial charge in [0.25, 0.3) is 5.91 Å². The van der Waals surface area contributed by atoms with Crippen molar-refractivity contribution < 1.29 is 19.0 Å².